The summed E-state index contributed by atoms with van der Waals surface area (Å²) in [6, 6.07) is 5.96. The lowest BCUT2D eigenvalue weighted by atomic mass is 9.96. The van der Waals surface area contributed by atoms with Crippen LogP contribution in [0.25, 0.3) is 0 Å². The van der Waals surface area contributed by atoms with E-state index in [0.29, 0.717) is 0 Å². The van der Waals surface area contributed by atoms with Gasteiger partial charge in [-0.15, -0.1) is 0 Å². The summed E-state index contributed by atoms with van der Waals surface area (Å²) >= 11 is 3.41. The van der Waals surface area contributed by atoms with Gasteiger partial charge < -0.3 is 0 Å². The molecule has 0 aromatic heterocycles. The third-order valence-electron chi connectivity index (χ3n) is 2.35. The lowest BCUT2D eigenvalue weighted by Gasteiger charge is -2.14. The van der Waals surface area contributed by atoms with Crippen LogP contribution < -0.4 is 10.9 Å². The van der Waals surface area contributed by atoms with Gasteiger partial charge in [0, 0.05) is 11.5 Å². The fourth-order valence-electron chi connectivity index (χ4n) is 1.45. The van der Waals surface area contributed by atoms with E-state index >= 15 is 0 Å². The molecule has 0 fully saturated rings. The van der Waals surface area contributed by atoms with Crippen molar-refractivity contribution in [2.24, 2.45) is 0 Å². The predicted molar refractivity (Wildman–Crippen MR) is 64.5 cm³/mol. The van der Waals surface area contributed by atoms with Crippen LogP contribution in [0.4, 0.5) is 0 Å². The van der Waals surface area contributed by atoms with Crippen LogP contribution in [0.2, 0.25) is 0 Å². The number of halogens is 1. The summed E-state index contributed by atoms with van der Waals surface area (Å²) in [6.45, 7) is 3.90. The minimum Gasteiger partial charge on any atom is -0.291 e. The van der Waals surface area contributed by atoms with Gasteiger partial charge in [0.15, 0.2) is 0 Å². The SMILES string of the molecule is CNNC(=O)C(C)c1cc(Br)ccc1C. The minimum absolute atomic E-state index is 0.0290. The summed E-state index contributed by atoms with van der Waals surface area (Å²) < 4.78 is 0.993. The van der Waals surface area contributed by atoms with E-state index < -0.39 is 0 Å². The molecule has 15 heavy (non-hydrogen) atoms. The summed E-state index contributed by atoms with van der Waals surface area (Å²) in [5.41, 5.74) is 7.39. The van der Waals surface area contributed by atoms with Gasteiger partial charge in [-0.25, -0.2) is 5.43 Å². The van der Waals surface area contributed by atoms with E-state index in [2.05, 4.69) is 26.8 Å². The molecular formula is C11H15BrN2O. The molecule has 1 rings (SSSR count). The van der Waals surface area contributed by atoms with Gasteiger partial charge in [0.1, 0.15) is 0 Å². The highest BCUT2D eigenvalue weighted by Gasteiger charge is 2.16. The highest BCUT2D eigenvalue weighted by Crippen LogP contribution is 2.23. The molecule has 1 aromatic rings. The second-order valence-corrected chi connectivity index (χ2v) is 4.38. The Balaban J connectivity index is 2.94. The van der Waals surface area contributed by atoms with Gasteiger partial charge >= 0.3 is 0 Å². The number of benzene rings is 1. The van der Waals surface area contributed by atoms with Crippen molar-refractivity contribution in [1.82, 2.24) is 10.9 Å². The van der Waals surface area contributed by atoms with Crippen molar-refractivity contribution in [3.8, 4) is 0 Å². The lowest BCUT2D eigenvalue weighted by Crippen LogP contribution is -2.37. The monoisotopic (exact) mass is 270 g/mol. The molecule has 0 aliphatic carbocycles. The maximum Gasteiger partial charge on any atom is 0.241 e. The highest BCUT2D eigenvalue weighted by molar-refractivity contribution is 9.10. The number of nitrogens with one attached hydrogen (secondary N) is 2. The van der Waals surface area contributed by atoms with Gasteiger partial charge in [0.05, 0.1) is 5.92 Å². The zero-order chi connectivity index (χ0) is 11.4. The summed E-state index contributed by atoms with van der Waals surface area (Å²) in [7, 11) is 1.68. The third kappa shape index (κ3) is 3.04. The van der Waals surface area contributed by atoms with Gasteiger partial charge in [-0.05, 0) is 37.1 Å². The highest BCUT2D eigenvalue weighted by atomic mass is 79.9. The van der Waals surface area contributed by atoms with Crippen molar-refractivity contribution < 1.29 is 4.79 Å². The number of aryl methyl sites for hydroxylation is 1. The fraction of sp³-hybridized carbons (Fsp3) is 0.364. The summed E-state index contributed by atoms with van der Waals surface area (Å²) in [4.78, 5) is 11.6. The number of hydrogen-bond acceptors (Lipinski definition) is 2. The third-order valence-corrected chi connectivity index (χ3v) is 2.84. The van der Waals surface area contributed by atoms with Crippen molar-refractivity contribution in [3.63, 3.8) is 0 Å². The molecule has 0 aliphatic heterocycles. The van der Waals surface area contributed by atoms with Crippen LogP contribution in [0.3, 0.4) is 0 Å². The molecule has 1 aromatic carbocycles. The number of carbonyl (C=O) groups is 1. The van der Waals surface area contributed by atoms with Crippen molar-refractivity contribution in [1.29, 1.82) is 0 Å². The van der Waals surface area contributed by atoms with E-state index in [1.165, 1.54) is 0 Å². The van der Waals surface area contributed by atoms with Crippen LogP contribution in [0.15, 0.2) is 22.7 Å². The Morgan fingerprint density at radius 2 is 2.13 bits per heavy atom. The van der Waals surface area contributed by atoms with E-state index in [1.807, 2.05) is 32.0 Å². The fourth-order valence-corrected chi connectivity index (χ4v) is 1.83. The van der Waals surface area contributed by atoms with Crippen LogP contribution in [0, 0.1) is 6.92 Å². The van der Waals surface area contributed by atoms with Crippen LogP contribution in [-0.2, 0) is 4.79 Å². The summed E-state index contributed by atoms with van der Waals surface area (Å²) in [5.74, 6) is -0.186. The van der Waals surface area contributed by atoms with Crippen molar-refractivity contribution >= 4 is 21.8 Å². The summed E-state index contributed by atoms with van der Waals surface area (Å²) in [5, 5.41) is 0. The number of carbonyl (C=O) groups excluding carboxylic acids is 1. The van der Waals surface area contributed by atoms with E-state index in [9.17, 15) is 4.79 Å². The molecule has 82 valence electrons. The molecule has 0 bridgehead atoms. The molecule has 0 aliphatic rings. The van der Waals surface area contributed by atoms with Crippen molar-refractivity contribution in [2.75, 3.05) is 7.05 Å². The van der Waals surface area contributed by atoms with E-state index in [-0.39, 0.29) is 11.8 Å². The van der Waals surface area contributed by atoms with E-state index in [0.717, 1.165) is 15.6 Å². The first-order valence-corrected chi connectivity index (χ1v) is 5.58. The molecule has 1 unspecified atom stereocenters. The smallest absolute Gasteiger partial charge is 0.241 e. The van der Waals surface area contributed by atoms with Crippen molar-refractivity contribution in [3.05, 3.63) is 33.8 Å². The molecule has 0 saturated heterocycles. The first kappa shape index (κ1) is 12.2. The lowest BCUT2D eigenvalue weighted by molar-refractivity contribution is -0.123. The molecular weight excluding hydrogens is 256 g/mol. The molecule has 1 amide bonds. The van der Waals surface area contributed by atoms with Crippen LogP contribution in [0.1, 0.15) is 24.0 Å². The maximum atomic E-state index is 11.6. The molecule has 2 N–H and O–H groups in total. The molecule has 0 heterocycles. The van der Waals surface area contributed by atoms with Gasteiger partial charge in [-0.1, -0.05) is 22.0 Å². The Labute approximate surface area is 98.4 Å². The average Bonchev–Trinajstić information content (AvgIpc) is 2.21. The first-order chi connectivity index (χ1) is 7.06. The van der Waals surface area contributed by atoms with Gasteiger partial charge in [-0.3, -0.25) is 10.2 Å². The van der Waals surface area contributed by atoms with Crippen LogP contribution in [0.5, 0.6) is 0 Å². The molecule has 3 nitrogen and oxygen atoms in total. The largest absolute Gasteiger partial charge is 0.291 e. The zero-order valence-electron chi connectivity index (χ0n) is 9.10. The first-order valence-electron chi connectivity index (χ1n) is 4.79. The van der Waals surface area contributed by atoms with E-state index in [1.54, 1.807) is 7.05 Å². The Bertz CT molecular complexity index is 366. The quantitative estimate of drug-likeness (QED) is 0.827. The Morgan fingerprint density at radius 3 is 2.73 bits per heavy atom. The Morgan fingerprint density at radius 1 is 1.47 bits per heavy atom. The number of amides is 1. The molecule has 0 radical (unpaired) electrons. The predicted octanol–water partition coefficient (Wildman–Crippen LogP) is 2.11. The van der Waals surface area contributed by atoms with Gasteiger partial charge in [0.25, 0.3) is 0 Å². The zero-order valence-corrected chi connectivity index (χ0v) is 10.7. The van der Waals surface area contributed by atoms with E-state index in [4.69, 9.17) is 0 Å². The molecule has 1 atom stereocenters. The second kappa shape index (κ2) is 5.28. The van der Waals surface area contributed by atoms with Gasteiger partial charge in [0.2, 0.25) is 5.91 Å². The number of hydrogen-bond donors (Lipinski definition) is 2. The molecule has 0 spiro atoms. The minimum atomic E-state index is -0.157. The van der Waals surface area contributed by atoms with Crippen LogP contribution >= 0.6 is 15.9 Å². The summed E-state index contributed by atoms with van der Waals surface area (Å²) in [6.07, 6.45) is 0. The average molecular weight is 271 g/mol. The van der Waals surface area contributed by atoms with Crippen LogP contribution in [-0.4, -0.2) is 13.0 Å². The number of hydrazine groups is 1. The number of rotatable bonds is 3. The maximum absolute atomic E-state index is 11.6. The second-order valence-electron chi connectivity index (χ2n) is 3.46. The Kier molecular flexibility index (Phi) is 4.29. The normalized spacial score (nSPS) is 12.3. The topological polar surface area (TPSA) is 41.1 Å². The Hall–Kier alpha value is -0.870. The molecule has 4 heteroatoms. The molecule has 0 saturated carbocycles. The standard InChI is InChI=1S/C11H15BrN2O/c1-7-4-5-9(12)6-10(7)8(2)11(15)14-13-3/h4-6,8,13H,1-3H3,(H,14,15). The van der Waals surface area contributed by atoms with Gasteiger partial charge in [-0.2, -0.15) is 0 Å². The van der Waals surface area contributed by atoms with Crippen molar-refractivity contribution in [2.45, 2.75) is 19.8 Å².